The van der Waals surface area contributed by atoms with E-state index >= 15 is 0 Å². The van der Waals surface area contributed by atoms with Crippen molar-refractivity contribution in [3.05, 3.63) is 35.6 Å². The molecule has 0 aromatic heterocycles. The van der Waals surface area contributed by atoms with Gasteiger partial charge in [0, 0.05) is 36.8 Å². The molecule has 1 aromatic carbocycles. The van der Waals surface area contributed by atoms with Crippen LogP contribution in [-0.4, -0.2) is 48.1 Å². The molecule has 0 amide bonds. The number of hydrogen-bond donors (Lipinski definition) is 1. The SMILES string of the molecule is CCC(N)C(c1ccccc1F)N1CC(C)N(C)C(C)C1. The van der Waals surface area contributed by atoms with Gasteiger partial charge in [-0.1, -0.05) is 25.1 Å². The van der Waals surface area contributed by atoms with E-state index in [0.717, 1.165) is 25.1 Å². The molecule has 2 N–H and O–H groups in total. The highest BCUT2D eigenvalue weighted by Gasteiger charge is 2.34. The normalized spacial score (nSPS) is 27.5. The first-order valence-electron chi connectivity index (χ1n) is 7.91. The maximum absolute atomic E-state index is 14.3. The van der Waals surface area contributed by atoms with Crippen LogP contribution in [0.25, 0.3) is 0 Å². The predicted octanol–water partition coefficient (Wildman–Crippen LogP) is 2.63. The molecule has 4 heteroatoms. The topological polar surface area (TPSA) is 32.5 Å². The Morgan fingerprint density at radius 1 is 1.24 bits per heavy atom. The van der Waals surface area contributed by atoms with Crippen molar-refractivity contribution in [2.24, 2.45) is 5.73 Å². The summed E-state index contributed by atoms with van der Waals surface area (Å²) in [7, 11) is 2.16. The van der Waals surface area contributed by atoms with Crippen LogP contribution in [0.5, 0.6) is 0 Å². The van der Waals surface area contributed by atoms with E-state index < -0.39 is 0 Å². The summed E-state index contributed by atoms with van der Waals surface area (Å²) in [5.41, 5.74) is 7.08. The summed E-state index contributed by atoms with van der Waals surface area (Å²) in [5.74, 6) is -0.148. The maximum atomic E-state index is 14.3. The lowest BCUT2D eigenvalue weighted by Crippen LogP contribution is -2.57. The summed E-state index contributed by atoms with van der Waals surface area (Å²) in [6, 6.07) is 7.86. The first kappa shape index (κ1) is 16.4. The molecule has 1 aliphatic heterocycles. The lowest BCUT2D eigenvalue weighted by atomic mass is 9.93. The van der Waals surface area contributed by atoms with E-state index in [1.165, 1.54) is 6.07 Å². The minimum Gasteiger partial charge on any atom is -0.326 e. The fourth-order valence-electron chi connectivity index (χ4n) is 3.31. The zero-order valence-corrected chi connectivity index (χ0v) is 13.6. The van der Waals surface area contributed by atoms with Crippen LogP contribution < -0.4 is 5.73 Å². The minimum absolute atomic E-state index is 0.0465. The molecule has 4 unspecified atom stereocenters. The first-order valence-corrected chi connectivity index (χ1v) is 7.91. The Morgan fingerprint density at radius 3 is 2.33 bits per heavy atom. The molecular weight excluding hydrogens is 265 g/mol. The fraction of sp³-hybridized carbons (Fsp3) is 0.647. The number of benzene rings is 1. The average Bonchev–Trinajstić information content (AvgIpc) is 2.46. The van der Waals surface area contributed by atoms with Crippen molar-refractivity contribution in [3.8, 4) is 0 Å². The number of piperazine rings is 1. The second-order valence-corrected chi connectivity index (χ2v) is 6.36. The van der Waals surface area contributed by atoms with Crippen molar-refractivity contribution in [2.45, 2.75) is 51.4 Å². The Labute approximate surface area is 127 Å². The van der Waals surface area contributed by atoms with E-state index in [4.69, 9.17) is 5.73 Å². The quantitative estimate of drug-likeness (QED) is 0.926. The number of halogens is 1. The van der Waals surface area contributed by atoms with Crippen molar-refractivity contribution in [3.63, 3.8) is 0 Å². The second kappa shape index (κ2) is 6.86. The van der Waals surface area contributed by atoms with Crippen LogP contribution in [-0.2, 0) is 0 Å². The summed E-state index contributed by atoms with van der Waals surface area (Å²) in [5, 5.41) is 0. The van der Waals surface area contributed by atoms with Crippen molar-refractivity contribution >= 4 is 0 Å². The largest absolute Gasteiger partial charge is 0.326 e. The lowest BCUT2D eigenvalue weighted by molar-refractivity contribution is 0.0244. The van der Waals surface area contributed by atoms with Crippen LogP contribution in [0.2, 0.25) is 0 Å². The number of nitrogens with two attached hydrogens (primary N) is 1. The van der Waals surface area contributed by atoms with Gasteiger partial charge in [0.15, 0.2) is 0 Å². The van der Waals surface area contributed by atoms with Crippen molar-refractivity contribution in [1.82, 2.24) is 9.80 Å². The molecule has 1 aliphatic rings. The van der Waals surface area contributed by atoms with E-state index in [1.807, 2.05) is 12.1 Å². The molecule has 0 saturated carbocycles. The molecule has 1 fully saturated rings. The molecule has 1 aromatic rings. The van der Waals surface area contributed by atoms with E-state index in [1.54, 1.807) is 6.07 Å². The van der Waals surface area contributed by atoms with E-state index in [-0.39, 0.29) is 17.9 Å². The zero-order chi connectivity index (χ0) is 15.6. The second-order valence-electron chi connectivity index (χ2n) is 6.36. The molecular formula is C17H28FN3. The van der Waals surface area contributed by atoms with Crippen LogP contribution in [0.15, 0.2) is 24.3 Å². The highest BCUT2D eigenvalue weighted by molar-refractivity contribution is 5.23. The molecule has 0 spiro atoms. The van der Waals surface area contributed by atoms with Crippen molar-refractivity contribution in [2.75, 3.05) is 20.1 Å². The Balaban J connectivity index is 2.31. The zero-order valence-electron chi connectivity index (χ0n) is 13.6. The smallest absolute Gasteiger partial charge is 0.128 e. The Kier molecular flexibility index (Phi) is 5.36. The molecule has 0 bridgehead atoms. The summed E-state index contributed by atoms with van der Waals surface area (Å²) < 4.78 is 14.3. The van der Waals surface area contributed by atoms with E-state index in [9.17, 15) is 4.39 Å². The highest BCUT2D eigenvalue weighted by atomic mass is 19.1. The molecule has 2 rings (SSSR count). The molecule has 21 heavy (non-hydrogen) atoms. The van der Waals surface area contributed by atoms with Gasteiger partial charge in [0.2, 0.25) is 0 Å². The average molecular weight is 293 g/mol. The predicted molar refractivity (Wildman–Crippen MR) is 85.7 cm³/mol. The standard InChI is InChI=1S/C17H28FN3/c1-5-16(19)17(14-8-6-7-9-15(14)18)21-10-12(2)20(4)13(3)11-21/h6-9,12-13,16-17H,5,10-11,19H2,1-4H3. The van der Waals surface area contributed by atoms with Crippen molar-refractivity contribution < 1.29 is 4.39 Å². The van der Waals surface area contributed by atoms with Gasteiger partial charge < -0.3 is 5.73 Å². The van der Waals surface area contributed by atoms with E-state index in [2.05, 4.69) is 37.6 Å². The number of rotatable bonds is 4. The number of nitrogens with zero attached hydrogens (tertiary/aromatic N) is 2. The molecule has 118 valence electrons. The molecule has 0 aliphatic carbocycles. The molecule has 1 heterocycles. The van der Waals surface area contributed by atoms with Gasteiger partial charge in [0.05, 0.1) is 6.04 Å². The molecule has 1 saturated heterocycles. The third-order valence-electron chi connectivity index (χ3n) is 4.88. The van der Waals surface area contributed by atoms with Crippen LogP contribution in [0, 0.1) is 5.82 Å². The van der Waals surface area contributed by atoms with Gasteiger partial charge in [-0.25, -0.2) is 4.39 Å². The van der Waals surface area contributed by atoms with Gasteiger partial charge in [-0.3, -0.25) is 9.80 Å². The van der Waals surface area contributed by atoms with Gasteiger partial charge in [-0.05, 0) is 33.4 Å². The number of hydrogen-bond acceptors (Lipinski definition) is 3. The summed E-state index contributed by atoms with van der Waals surface area (Å²) in [6.45, 7) is 8.36. The third kappa shape index (κ3) is 3.44. The first-order chi connectivity index (χ1) is 9.95. The molecule has 3 nitrogen and oxygen atoms in total. The Hall–Kier alpha value is -0.970. The maximum Gasteiger partial charge on any atom is 0.128 e. The van der Waals surface area contributed by atoms with Crippen LogP contribution in [0.4, 0.5) is 4.39 Å². The third-order valence-corrected chi connectivity index (χ3v) is 4.88. The van der Waals surface area contributed by atoms with Crippen molar-refractivity contribution in [1.29, 1.82) is 0 Å². The minimum atomic E-state index is -0.148. The van der Waals surface area contributed by atoms with Crippen LogP contribution in [0.1, 0.15) is 38.8 Å². The van der Waals surface area contributed by atoms with Gasteiger partial charge in [0.25, 0.3) is 0 Å². The van der Waals surface area contributed by atoms with Crippen LogP contribution >= 0.6 is 0 Å². The monoisotopic (exact) mass is 293 g/mol. The van der Waals surface area contributed by atoms with E-state index in [0.29, 0.717) is 12.1 Å². The summed E-state index contributed by atoms with van der Waals surface area (Å²) >= 11 is 0. The van der Waals surface area contributed by atoms with Crippen LogP contribution in [0.3, 0.4) is 0 Å². The summed E-state index contributed by atoms with van der Waals surface area (Å²) in [4.78, 5) is 4.74. The van der Waals surface area contributed by atoms with Gasteiger partial charge in [-0.2, -0.15) is 0 Å². The highest BCUT2D eigenvalue weighted by Crippen LogP contribution is 2.30. The fourth-order valence-corrected chi connectivity index (χ4v) is 3.31. The molecule has 0 radical (unpaired) electrons. The Bertz CT molecular complexity index is 453. The Morgan fingerprint density at radius 2 is 1.81 bits per heavy atom. The van der Waals surface area contributed by atoms with Gasteiger partial charge >= 0.3 is 0 Å². The summed E-state index contributed by atoms with van der Waals surface area (Å²) in [6.07, 6.45) is 0.841. The van der Waals surface area contributed by atoms with Gasteiger partial charge in [-0.15, -0.1) is 0 Å². The van der Waals surface area contributed by atoms with Gasteiger partial charge in [0.1, 0.15) is 5.82 Å². The number of likely N-dealkylation sites (N-methyl/N-ethyl adjacent to an activating group) is 1. The molecule has 4 atom stereocenters. The lowest BCUT2D eigenvalue weighted by Gasteiger charge is -2.47.